The van der Waals surface area contributed by atoms with Gasteiger partial charge in [0.25, 0.3) is 0 Å². The monoisotopic (exact) mass is 833 g/mol. The van der Waals surface area contributed by atoms with Gasteiger partial charge < -0.3 is 37.6 Å². The van der Waals surface area contributed by atoms with Gasteiger partial charge in [-0.05, 0) is 77.6 Å². The molecule has 0 amide bonds. The van der Waals surface area contributed by atoms with Gasteiger partial charge in [0.15, 0.2) is 16.6 Å². The third-order valence-corrected chi connectivity index (χ3v) is 21.7. The van der Waals surface area contributed by atoms with Crippen LogP contribution in [0, 0.1) is 23.7 Å². The maximum absolute atomic E-state index is 14.5. The van der Waals surface area contributed by atoms with Crippen molar-refractivity contribution in [2.75, 3.05) is 27.9 Å². The van der Waals surface area contributed by atoms with Gasteiger partial charge >= 0.3 is 0 Å². The third-order valence-electron chi connectivity index (χ3n) is 12.8. The molecular formula is C46H80O9Si2. The number of hydrogen-bond acceptors (Lipinski definition) is 9. The van der Waals surface area contributed by atoms with E-state index in [9.17, 15) is 9.90 Å². The molecule has 0 aromatic heterocycles. The second-order valence-electron chi connectivity index (χ2n) is 19.4. The van der Waals surface area contributed by atoms with Crippen LogP contribution < -0.4 is 9.47 Å². The minimum absolute atomic E-state index is 0.0124. The topological polar surface area (TPSA) is 102 Å². The smallest absolute Gasteiger partial charge is 0.192 e. The van der Waals surface area contributed by atoms with E-state index in [0.717, 1.165) is 22.6 Å². The van der Waals surface area contributed by atoms with Crippen LogP contribution in [-0.4, -0.2) is 86.0 Å². The molecule has 0 aliphatic heterocycles. The number of benzene rings is 2. The lowest BCUT2D eigenvalue weighted by Gasteiger charge is -2.45. The first-order valence-corrected chi connectivity index (χ1v) is 26.7. The van der Waals surface area contributed by atoms with E-state index in [-0.39, 0.29) is 46.1 Å². The van der Waals surface area contributed by atoms with Crippen LogP contribution in [0.3, 0.4) is 0 Å². The van der Waals surface area contributed by atoms with Crippen LogP contribution in [0.5, 0.6) is 11.5 Å². The van der Waals surface area contributed by atoms with Crippen LogP contribution in [-0.2, 0) is 41.1 Å². The highest BCUT2D eigenvalue weighted by atomic mass is 28.4. The summed E-state index contributed by atoms with van der Waals surface area (Å²) in [4.78, 5) is 14.5. The van der Waals surface area contributed by atoms with Gasteiger partial charge in [-0.15, -0.1) is 0 Å². The van der Waals surface area contributed by atoms with Gasteiger partial charge in [0.1, 0.15) is 23.4 Å². The van der Waals surface area contributed by atoms with Crippen LogP contribution in [0.4, 0.5) is 0 Å². The highest BCUT2D eigenvalue weighted by molar-refractivity contribution is 6.74. The van der Waals surface area contributed by atoms with E-state index in [1.165, 1.54) is 0 Å². The number of carbonyl (C=O) groups is 1. The van der Waals surface area contributed by atoms with E-state index in [1.54, 1.807) is 21.3 Å². The number of ketones is 1. The van der Waals surface area contributed by atoms with E-state index in [0.29, 0.717) is 19.8 Å². The van der Waals surface area contributed by atoms with E-state index in [1.807, 2.05) is 62.4 Å². The molecular weight excluding hydrogens is 753 g/mol. The molecule has 11 heteroatoms. The number of rotatable bonds is 24. The Kier molecular flexibility index (Phi) is 19.7. The predicted octanol–water partition coefficient (Wildman–Crippen LogP) is 10.5. The summed E-state index contributed by atoms with van der Waals surface area (Å²) in [6.45, 7) is 33.5. The summed E-state index contributed by atoms with van der Waals surface area (Å²) in [5.41, 5.74) is 2.01. The van der Waals surface area contributed by atoms with Crippen molar-refractivity contribution in [3.05, 3.63) is 59.7 Å². The maximum atomic E-state index is 14.5. The van der Waals surface area contributed by atoms with Crippen molar-refractivity contribution in [3.8, 4) is 11.5 Å². The number of methoxy groups -OCH3 is 3. The standard InChI is InChI=1S/C46H80O9Si2/c1-31(2)42(52-28-35-19-23-37(49-12)24-20-35)32(3)39(47)27-40(48)33(4)43(55-57(17,18)46(9,10)11)34(5)44(53-29-36-21-25-38(50-13)26-22-36)41(51-14)30-54-56(15,16)45(6,7)8/h19-26,31-34,39,41-44,47H,27-30H2,1-18H3/t32-,33+,34-,39-,41-,42+,43-,44+/m0/s1. The molecule has 9 nitrogen and oxygen atoms in total. The van der Waals surface area contributed by atoms with Gasteiger partial charge in [-0.2, -0.15) is 0 Å². The molecule has 8 atom stereocenters. The van der Waals surface area contributed by atoms with Gasteiger partial charge in [-0.1, -0.05) is 100 Å². The first-order valence-electron chi connectivity index (χ1n) is 20.8. The Morgan fingerprint density at radius 2 is 1.09 bits per heavy atom. The Bertz CT molecular complexity index is 1460. The van der Waals surface area contributed by atoms with Gasteiger partial charge in [0.05, 0.1) is 58.5 Å². The Balaban J connectivity index is 2.47. The van der Waals surface area contributed by atoms with Crippen molar-refractivity contribution in [1.29, 1.82) is 0 Å². The zero-order valence-corrected chi connectivity index (χ0v) is 40.9. The maximum Gasteiger partial charge on any atom is 0.192 e. The molecule has 0 aliphatic carbocycles. The molecule has 0 spiro atoms. The van der Waals surface area contributed by atoms with Crippen molar-refractivity contribution < 1.29 is 42.4 Å². The molecule has 2 aromatic carbocycles. The first-order chi connectivity index (χ1) is 26.3. The molecule has 57 heavy (non-hydrogen) atoms. The van der Waals surface area contributed by atoms with E-state index < -0.39 is 47.0 Å². The number of aliphatic hydroxyl groups excluding tert-OH is 1. The van der Waals surface area contributed by atoms with Gasteiger partial charge in [-0.3, -0.25) is 4.79 Å². The number of hydrogen-bond donors (Lipinski definition) is 1. The molecule has 0 heterocycles. The molecule has 0 aliphatic rings. The average molecular weight is 833 g/mol. The van der Waals surface area contributed by atoms with E-state index in [4.69, 9.17) is 32.5 Å². The summed E-state index contributed by atoms with van der Waals surface area (Å²) < 4.78 is 44.2. The fraction of sp³-hybridized carbons (Fsp3) is 0.717. The summed E-state index contributed by atoms with van der Waals surface area (Å²) in [7, 11) is 0.439. The number of ether oxygens (including phenoxy) is 5. The molecule has 0 saturated carbocycles. The van der Waals surface area contributed by atoms with Gasteiger partial charge in [0.2, 0.25) is 0 Å². The molecule has 326 valence electrons. The Hall–Kier alpha value is -2.10. The number of Topliss-reactive ketones (excluding diaryl/α,β-unsaturated/α-hetero) is 1. The lowest BCUT2D eigenvalue weighted by Crippen LogP contribution is -2.54. The van der Waals surface area contributed by atoms with Crippen molar-refractivity contribution in [2.24, 2.45) is 23.7 Å². The van der Waals surface area contributed by atoms with E-state index in [2.05, 4.69) is 88.5 Å². The zero-order chi connectivity index (χ0) is 43.5. The largest absolute Gasteiger partial charge is 0.497 e. The second kappa shape index (κ2) is 22.0. The predicted molar refractivity (Wildman–Crippen MR) is 237 cm³/mol. The molecule has 0 bridgehead atoms. The molecule has 0 saturated heterocycles. The lowest BCUT2D eigenvalue weighted by molar-refractivity contribution is -0.141. The zero-order valence-electron chi connectivity index (χ0n) is 38.9. The van der Waals surface area contributed by atoms with Gasteiger partial charge in [-0.25, -0.2) is 0 Å². The lowest BCUT2D eigenvalue weighted by atomic mass is 9.81. The molecule has 2 rings (SSSR count). The minimum Gasteiger partial charge on any atom is -0.497 e. The minimum atomic E-state index is -2.42. The molecule has 0 fully saturated rings. The summed E-state index contributed by atoms with van der Waals surface area (Å²) >= 11 is 0. The van der Waals surface area contributed by atoms with Crippen molar-refractivity contribution in [3.63, 3.8) is 0 Å². The van der Waals surface area contributed by atoms with Crippen LogP contribution in [0.1, 0.15) is 93.7 Å². The molecule has 0 unspecified atom stereocenters. The van der Waals surface area contributed by atoms with Crippen LogP contribution in [0.25, 0.3) is 0 Å². The van der Waals surface area contributed by atoms with Crippen LogP contribution in [0.2, 0.25) is 36.3 Å². The van der Waals surface area contributed by atoms with Crippen LogP contribution in [0.15, 0.2) is 48.5 Å². The first kappa shape index (κ1) is 51.0. The highest BCUT2D eigenvalue weighted by Crippen LogP contribution is 2.41. The normalized spacial score (nSPS) is 17.3. The number of aliphatic hydroxyl groups is 1. The number of carbonyl (C=O) groups excluding carboxylic acids is 1. The Morgan fingerprint density at radius 3 is 1.47 bits per heavy atom. The van der Waals surface area contributed by atoms with Crippen molar-refractivity contribution >= 4 is 22.4 Å². The van der Waals surface area contributed by atoms with Crippen molar-refractivity contribution in [1.82, 2.24) is 0 Å². The fourth-order valence-electron chi connectivity index (χ4n) is 6.53. The average Bonchev–Trinajstić information content (AvgIpc) is 3.13. The fourth-order valence-corrected chi connectivity index (χ4v) is 9.00. The Labute approximate surface area is 349 Å². The molecule has 2 aromatic rings. The van der Waals surface area contributed by atoms with E-state index >= 15 is 0 Å². The molecule has 0 radical (unpaired) electrons. The highest BCUT2D eigenvalue weighted by Gasteiger charge is 2.47. The third kappa shape index (κ3) is 14.8. The quantitative estimate of drug-likeness (QED) is 0.104. The Morgan fingerprint density at radius 1 is 0.649 bits per heavy atom. The summed E-state index contributed by atoms with van der Waals surface area (Å²) in [6.07, 6.45) is -2.60. The summed E-state index contributed by atoms with van der Waals surface area (Å²) in [5.74, 6) is 0.517. The van der Waals surface area contributed by atoms with Gasteiger partial charge in [0, 0.05) is 31.3 Å². The second-order valence-corrected chi connectivity index (χ2v) is 29.0. The SMILES string of the molecule is COc1ccc(CO[C@H]([C@@H](C)[C@@H](O[Si](C)(C)C(C)(C)C)[C@H](C)C(=O)C[C@H](O)[C@H](C)[C@H](OCc2ccc(OC)cc2)C(C)C)[C@H](CO[Si](C)(C)C(C)(C)C)OC)cc1. The van der Waals surface area contributed by atoms with Crippen LogP contribution >= 0.6 is 0 Å². The van der Waals surface area contributed by atoms with Crippen molar-refractivity contribution in [2.45, 2.75) is 163 Å². The summed E-state index contributed by atoms with van der Waals surface area (Å²) in [6, 6.07) is 15.6. The summed E-state index contributed by atoms with van der Waals surface area (Å²) in [5, 5.41) is 11.6. The molecule has 1 N–H and O–H groups in total.